The van der Waals surface area contributed by atoms with Gasteiger partial charge in [0.25, 0.3) is 0 Å². The van der Waals surface area contributed by atoms with Crippen molar-refractivity contribution in [2.24, 2.45) is 29.1 Å². The Kier molecular flexibility index (Phi) is 7.10. The van der Waals surface area contributed by atoms with Crippen LogP contribution < -0.4 is 0 Å². The lowest BCUT2D eigenvalue weighted by Crippen LogP contribution is -2.41. The maximum absolute atomic E-state index is 12.5. The number of carbonyl (C=O) groups is 1. The van der Waals surface area contributed by atoms with Crippen LogP contribution in [0.15, 0.2) is 23.8 Å². The van der Waals surface area contributed by atoms with Crippen molar-refractivity contribution < 1.29 is 9.53 Å². The fraction of sp³-hybridized carbons (Fsp3) is 0.762. The Balaban J connectivity index is 0.00000127. The van der Waals surface area contributed by atoms with Crippen molar-refractivity contribution in [1.82, 2.24) is 0 Å². The number of allylic oxidation sites excluding steroid dienone is 3. The standard InChI is InChI=1S/C19H30O2.C2H6/c1-7-19(5,6)18(20)21-16-11-12(2)10-15-9-8-13(3)14(4)17(15)16;1-2/h8-10,12-14,16-17H,7,11H2,1-6H3;1-2H3/t12-,13-,14-,16-,17+;/m0./s1. The van der Waals surface area contributed by atoms with E-state index in [1.165, 1.54) is 5.57 Å². The van der Waals surface area contributed by atoms with Crippen molar-refractivity contribution in [3.05, 3.63) is 23.8 Å². The number of hydrogen-bond acceptors (Lipinski definition) is 2. The molecule has 0 amide bonds. The molecular formula is C21H36O2. The van der Waals surface area contributed by atoms with Gasteiger partial charge in [-0.1, -0.05) is 59.8 Å². The smallest absolute Gasteiger partial charge is 0.311 e. The highest BCUT2D eigenvalue weighted by atomic mass is 16.5. The summed E-state index contributed by atoms with van der Waals surface area (Å²) < 4.78 is 5.99. The second kappa shape index (κ2) is 8.17. The van der Waals surface area contributed by atoms with Crippen LogP contribution in [0, 0.1) is 29.1 Å². The molecule has 2 aliphatic carbocycles. The summed E-state index contributed by atoms with van der Waals surface area (Å²) in [5, 5.41) is 0. The lowest BCUT2D eigenvalue weighted by molar-refractivity contribution is -0.164. The summed E-state index contributed by atoms with van der Waals surface area (Å²) >= 11 is 0. The average molecular weight is 321 g/mol. The van der Waals surface area contributed by atoms with E-state index < -0.39 is 0 Å². The van der Waals surface area contributed by atoms with Gasteiger partial charge in [0.2, 0.25) is 0 Å². The molecule has 5 atom stereocenters. The second-order valence-corrected chi connectivity index (χ2v) is 7.66. The molecule has 132 valence electrons. The van der Waals surface area contributed by atoms with Crippen LogP contribution in [0.4, 0.5) is 0 Å². The highest BCUT2D eigenvalue weighted by Gasteiger charge is 2.41. The van der Waals surface area contributed by atoms with E-state index >= 15 is 0 Å². The zero-order valence-electron chi connectivity index (χ0n) is 16.3. The third kappa shape index (κ3) is 4.49. The maximum Gasteiger partial charge on any atom is 0.311 e. The van der Waals surface area contributed by atoms with Crippen molar-refractivity contribution in [3.63, 3.8) is 0 Å². The lowest BCUT2D eigenvalue weighted by Gasteiger charge is -2.42. The number of esters is 1. The van der Waals surface area contributed by atoms with Crippen LogP contribution in [0.2, 0.25) is 0 Å². The van der Waals surface area contributed by atoms with E-state index in [-0.39, 0.29) is 17.5 Å². The van der Waals surface area contributed by atoms with E-state index in [9.17, 15) is 4.79 Å². The molecule has 0 bridgehead atoms. The molecule has 23 heavy (non-hydrogen) atoms. The van der Waals surface area contributed by atoms with Gasteiger partial charge in [0.1, 0.15) is 6.10 Å². The zero-order valence-corrected chi connectivity index (χ0v) is 16.3. The van der Waals surface area contributed by atoms with Crippen LogP contribution in [0.1, 0.15) is 68.2 Å². The van der Waals surface area contributed by atoms with Gasteiger partial charge in [-0.2, -0.15) is 0 Å². The average Bonchev–Trinajstić information content (AvgIpc) is 2.52. The molecule has 0 fully saturated rings. The molecule has 2 aliphatic rings. The lowest BCUT2D eigenvalue weighted by atomic mass is 9.67. The van der Waals surface area contributed by atoms with Crippen LogP contribution in [-0.4, -0.2) is 12.1 Å². The summed E-state index contributed by atoms with van der Waals surface area (Å²) in [6.45, 7) is 16.8. The molecular weight excluding hydrogens is 284 g/mol. The third-order valence-electron chi connectivity index (χ3n) is 5.55. The van der Waals surface area contributed by atoms with Crippen LogP contribution >= 0.6 is 0 Å². The molecule has 0 aromatic rings. The first-order valence-electron chi connectivity index (χ1n) is 9.37. The number of carbonyl (C=O) groups excluding carboxylic acids is 1. The fourth-order valence-corrected chi connectivity index (χ4v) is 3.37. The second-order valence-electron chi connectivity index (χ2n) is 7.66. The number of ether oxygens (including phenoxy) is 1. The molecule has 2 nitrogen and oxygen atoms in total. The summed E-state index contributed by atoms with van der Waals surface area (Å²) in [4.78, 5) is 12.5. The minimum absolute atomic E-state index is 0.0284. The number of rotatable bonds is 3. The van der Waals surface area contributed by atoms with E-state index in [1.807, 2.05) is 34.6 Å². The Morgan fingerprint density at radius 3 is 2.43 bits per heavy atom. The predicted octanol–water partition coefficient (Wildman–Crippen LogP) is 5.79. The highest BCUT2D eigenvalue weighted by Crippen LogP contribution is 2.43. The minimum Gasteiger partial charge on any atom is -0.461 e. The van der Waals surface area contributed by atoms with Gasteiger partial charge in [-0.05, 0) is 50.0 Å². The topological polar surface area (TPSA) is 26.3 Å². The summed E-state index contributed by atoms with van der Waals surface area (Å²) in [6, 6.07) is 0. The fourth-order valence-electron chi connectivity index (χ4n) is 3.37. The van der Waals surface area contributed by atoms with Crippen LogP contribution in [-0.2, 0) is 9.53 Å². The summed E-state index contributed by atoms with van der Waals surface area (Å²) in [5.74, 6) is 1.86. The molecule has 0 spiro atoms. The Hall–Kier alpha value is -1.05. The van der Waals surface area contributed by atoms with Gasteiger partial charge >= 0.3 is 5.97 Å². The molecule has 0 aliphatic heterocycles. The van der Waals surface area contributed by atoms with E-state index in [0.29, 0.717) is 23.7 Å². The Labute approximate surface area is 143 Å². The summed E-state index contributed by atoms with van der Waals surface area (Å²) in [6.07, 6.45) is 8.69. The first kappa shape index (κ1) is 20.0. The maximum atomic E-state index is 12.5. The van der Waals surface area contributed by atoms with E-state index in [2.05, 4.69) is 39.0 Å². The number of fused-ring (bicyclic) bond motifs is 1. The molecule has 0 saturated heterocycles. The molecule has 0 radical (unpaired) electrons. The first-order chi connectivity index (χ1) is 10.8. The third-order valence-corrected chi connectivity index (χ3v) is 5.55. The molecule has 0 N–H and O–H groups in total. The number of hydrogen-bond donors (Lipinski definition) is 0. The van der Waals surface area contributed by atoms with Crippen molar-refractivity contribution in [3.8, 4) is 0 Å². The Bertz CT molecular complexity index is 458. The molecule has 2 heteroatoms. The Morgan fingerprint density at radius 1 is 1.26 bits per heavy atom. The van der Waals surface area contributed by atoms with E-state index in [4.69, 9.17) is 4.74 Å². The van der Waals surface area contributed by atoms with Gasteiger partial charge in [0.05, 0.1) is 5.41 Å². The van der Waals surface area contributed by atoms with Gasteiger partial charge in [-0.25, -0.2) is 0 Å². The first-order valence-corrected chi connectivity index (χ1v) is 9.37. The zero-order chi connectivity index (χ0) is 17.8. The Morgan fingerprint density at radius 2 is 1.87 bits per heavy atom. The van der Waals surface area contributed by atoms with E-state index in [0.717, 1.165) is 12.8 Å². The monoisotopic (exact) mass is 320 g/mol. The van der Waals surface area contributed by atoms with E-state index in [1.54, 1.807) is 0 Å². The van der Waals surface area contributed by atoms with Gasteiger partial charge in [0.15, 0.2) is 0 Å². The molecule has 0 aromatic carbocycles. The molecule has 0 heterocycles. The summed E-state index contributed by atoms with van der Waals surface area (Å²) in [5.41, 5.74) is 0.982. The van der Waals surface area contributed by atoms with Crippen molar-refractivity contribution >= 4 is 5.97 Å². The van der Waals surface area contributed by atoms with Gasteiger partial charge < -0.3 is 4.74 Å². The summed E-state index contributed by atoms with van der Waals surface area (Å²) in [7, 11) is 0. The highest BCUT2D eigenvalue weighted by molar-refractivity contribution is 5.76. The van der Waals surface area contributed by atoms with Crippen LogP contribution in [0.5, 0.6) is 0 Å². The van der Waals surface area contributed by atoms with Crippen LogP contribution in [0.3, 0.4) is 0 Å². The molecule has 2 rings (SSSR count). The van der Waals surface area contributed by atoms with Crippen LogP contribution in [0.25, 0.3) is 0 Å². The molecule has 0 unspecified atom stereocenters. The van der Waals surface area contributed by atoms with Crippen molar-refractivity contribution in [2.45, 2.75) is 74.3 Å². The normalized spacial score (nSPS) is 33.0. The largest absolute Gasteiger partial charge is 0.461 e. The van der Waals surface area contributed by atoms with Crippen molar-refractivity contribution in [2.75, 3.05) is 0 Å². The molecule has 0 saturated carbocycles. The molecule has 0 aromatic heterocycles. The predicted molar refractivity (Wildman–Crippen MR) is 98.1 cm³/mol. The van der Waals surface area contributed by atoms with Crippen molar-refractivity contribution in [1.29, 1.82) is 0 Å². The SMILES string of the molecule is CC.CCC(C)(C)C(=O)O[C@H]1C[C@@H](C)C=C2C=C[C@H](C)[C@H](C)[C@H]21. The van der Waals surface area contributed by atoms with Gasteiger partial charge in [-0.15, -0.1) is 0 Å². The quantitative estimate of drug-likeness (QED) is 0.616. The van der Waals surface area contributed by atoms with Gasteiger partial charge in [0, 0.05) is 5.92 Å². The minimum atomic E-state index is -0.385. The van der Waals surface area contributed by atoms with Gasteiger partial charge in [-0.3, -0.25) is 4.79 Å².